The average Bonchev–Trinajstić information content (AvgIpc) is 2.60. The molecule has 2 aromatic rings. The Bertz CT molecular complexity index is 751. The lowest BCUT2D eigenvalue weighted by molar-refractivity contribution is -0.141. The monoisotopic (exact) mass is 351 g/mol. The van der Waals surface area contributed by atoms with E-state index in [1.165, 1.54) is 12.4 Å². The van der Waals surface area contributed by atoms with Gasteiger partial charge in [0.15, 0.2) is 11.5 Å². The summed E-state index contributed by atoms with van der Waals surface area (Å²) in [5, 5.41) is 5.67. The maximum absolute atomic E-state index is 13.1. The van der Waals surface area contributed by atoms with Gasteiger partial charge in [-0.2, -0.15) is 13.2 Å². The Labute approximate surface area is 141 Å². The SMILES string of the molecule is O=C1CCC[C@H](CNc2cc(C(F)(F)F)nc(-c3cccnc3)n2)N1. The number of aromatic nitrogens is 3. The summed E-state index contributed by atoms with van der Waals surface area (Å²) in [6, 6.07) is 3.93. The second-order valence-electron chi connectivity index (χ2n) is 5.74. The van der Waals surface area contributed by atoms with E-state index in [1.807, 2.05) is 0 Å². The number of halogens is 3. The highest BCUT2D eigenvalue weighted by Gasteiger charge is 2.34. The zero-order chi connectivity index (χ0) is 17.9. The van der Waals surface area contributed by atoms with Crippen LogP contribution in [0.15, 0.2) is 30.6 Å². The van der Waals surface area contributed by atoms with Crippen molar-refractivity contribution in [3.63, 3.8) is 0 Å². The number of nitrogens with zero attached hydrogens (tertiary/aromatic N) is 3. The van der Waals surface area contributed by atoms with E-state index < -0.39 is 11.9 Å². The highest BCUT2D eigenvalue weighted by molar-refractivity contribution is 5.77. The molecule has 0 radical (unpaired) electrons. The number of pyridine rings is 1. The zero-order valence-electron chi connectivity index (χ0n) is 13.2. The second-order valence-corrected chi connectivity index (χ2v) is 5.74. The molecule has 2 N–H and O–H groups in total. The van der Waals surface area contributed by atoms with E-state index in [-0.39, 0.29) is 23.6 Å². The first-order chi connectivity index (χ1) is 11.9. The third-order valence-corrected chi connectivity index (χ3v) is 3.79. The number of carbonyl (C=O) groups excluding carboxylic acids is 1. The molecule has 1 aliphatic heterocycles. The fourth-order valence-electron chi connectivity index (χ4n) is 2.57. The summed E-state index contributed by atoms with van der Waals surface area (Å²) in [5.41, 5.74) is -0.640. The summed E-state index contributed by atoms with van der Waals surface area (Å²) >= 11 is 0. The highest BCUT2D eigenvalue weighted by Crippen LogP contribution is 2.30. The van der Waals surface area contributed by atoms with Gasteiger partial charge in [-0.25, -0.2) is 9.97 Å². The third kappa shape index (κ3) is 4.43. The Morgan fingerprint density at radius 3 is 2.84 bits per heavy atom. The summed E-state index contributed by atoms with van der Waals surface area (Å²) < 4.78 is 39.4. The predicted molar refractivity (Wildman–Crippen MR) is 84.5 cm³/mol. The molecule has 9 heteroatoms. The fraction of sp³-hybridized carbons (Fsp3) is 0.375. The molecule has 0 spiro atoms. The maximum Gasteiger partial charge on any atom is 0.433 e. The highest BCUT2D eigenvalue weighted by atomic mass is 19.4. The summed E-state index contributed by atoms with van der Waals surface area (Å²) in [6.07, 6.45) is 0.341. The Morgan fingerprint density at radius 1 is 1.32 bits per heavy atom. The number of hydrogen-bond donors (Lipinski definition) is 2. The lowest BCUT2D eigenvalue weighted by Gasteiger charge is -2.23. The van der Waals surface area contributed by atoms with Gasteiger partial charge in [0.25, 0.3) is 0 Å². The first-order valence-corrected chi connectivity index (χ1v) is 7.82. The van der Waals surface area contributed by atoms with Crippen LogP contribution in [0.2, 0.25) is 0 Å². The van der Waals surface area contributed by atoms with Gasteiger partial charge in [0.2, 0.25) is 5.91 Å². The van der Waals surface area contributed by atoms with Gasteiger partial charge in [-0.05, 0) is 25.0 Å². The molecule has 2 aromatic heterocycles. The minimum absolute atomic E-state index is 0.0484. The molecular weight excluding hydrogens is 335 g/mol. The van der Waals surface area contributed by atoms with Crippen molar-refractivity contribution in [2.75, 3.05) is 11.9 Å². The van der Waals surface area contributed by atoms with Crippen LogP contribution in [0, 0.1) is 0 Å². The summed E-state index contributed by atoms with van der Waals surface area (Å²) in [5.74, 6) is -0.0492. The predicted octanol–water partition coefficient (Wildman–Crippen LogP) is 2.64. The molecule has 0 aromatic carbocycles. The van der Waals surface area contributed by atoms with Crippen molar-refractivity contribution >= 4 is 11.7 Å². The topological polar surface area (TPSA) is 79.8 Å². The lowest BCUT2D eigenvalue weighted by atomic mass is 10.0. The number of piperidine rings is 1. The van der Waals surface area contributed by atoms with Crippen LogP contribution in [0.25, 0.3) is 11.4 Å². The molecule has 3 heterocycles. The van der Waals surface area contributed by atoms with Crippen molar-refractivity contribution in [2.24, 2.45) is 0 Å². The minimum atomic E-state index is -4.59. The van der Waals surface area contributed by atoms with Crippen molar-refractivity contribution < 1.29 is 18.0 Å². The molecule has 0 bridgehead atoms. The first kappa shape index (κ1) is 17.1. The lowest BCUT2D eigenvalue weighted by Crippen LogP contribution is -2.42. The summed E-state index contributed by atoms with van der Waals surface area (Å²) in [7, 11) is 0. The van der Waals surface area contributed by atoms with Crippen molar-refractivity contribution in [2.45, 2.75) is 31.5 Å². The van der Waals surface area contributed by atoms with Crippen molar-refractivity contribution in [3.05, 3.63) is 36.3 Å². The number of carbonyl (C=O) groups is 1. The van der Waals surface area contributed by atoms with Gasteiger partial charge in [0, 0.05) is 43.0 Å². The molecule has 132 valence electrons. The van der Waals surface area contributed by atoms with E-state index in [1.54, 1.807) is 12.1 Å². The summed E-state index contributed by atoms with van der Waals surface area (Å²) in [4.78, 5) is 23.0. The van der Waals surface area contributed by atoms with Crippen LogP contribution >= 0.6 is 0 Å². The van der Waals surface area contributed by atoms with Crippen molar-refractivity contribution in [1.82, 2.24) is 20.3 Å². The van der Waals surface area contributed by atoms with Crippen LogP contribution in [0.1, 0.15) is 25.0 Å². The van der Waals surface area contributed by atoms with E-state index in [9.17, 15) is 18.0 Å². The van der Waals surface area contributed by atoms with E-state index in [0.717, 1.165) is 18.9 Å². The number of hydrogen-bond acceptors (Lipinski definition) is 5. The molecule has 0 saturated carbocycles. The zero-order valence-corrected chi connectivity index (χ0v) is 13.2. The largest absolute Gasteiger partial charge is 0.433 e. The van der Waals surface area contributed by atoms with Crippen LogP contribution in [-0.2, 0) is 11.0 Å². The Morgan fingerprint density at radius 2 is 2.16 bits per heavy atom. The smallest absolute Gasteiger partial charge is 0.368 e. The summed E-state index contributed by atoms with van der Waals surface area (Å²) in [6.45, 7) is 0.298. The van der Waals surface area contributed by atoms with E-state index >= 15 is 0 Å². The van der Waals surface area contributed by atoms with Crippen LogP contribution < -0.4 is 10.6 Å². The third-order valence-electron chi connectivity index (χ3n) is 3.79. The second kappa shape index (κ2) is 7.04. The molecule has 1 fully saturated rings. The van der Waals surface area contributed by atoms with E-state index in [2.05, 4.69) is 25.6 Å². The average molecular weight is 351 g/mol. The first-order valence-electron chi connectivity index (χ1n) is 7.82. The minimum Gasteiger partial charge on any atom is -0.368 e. The van der Waals surface area contributed by atoms with Crippen molar-refractivity contribution in [1.29, 1.82) is 0 Å². The van der Waals surface area contributed by atoms with Gasteiger partial charge in [-0.3, -0.25) is 9.78 Å². The van der Waals surface area contributed by atoms with Crippen LogP contribution in [0.4, 0.5) is 19.0 Å². The van der Waals surface area contributed by atoms with Gasteiger partial charge >= 0.3 is 6.18 Å². The Balaban J connectivity index is 1.83. The molecule has 25 heavy (non-hydrogen) atoms. The van der Waals surface area contributed by atoms with Crippen LogP contribution in [-0.4, -0.2) is 33.4 Å². The molecule has 1 atom stereocenters. The fourth-order valence-corrected chi connectivity index (χ4v) is 2.57. The van der Waals surface area contributed by atoms with Gasteiger partial charge in [0.05, 0.1) is 0 Å². The molecular formula is C16H16F3N5O. The van der Waals surface area contributed by atoms with Gasteiger partial charge in [0.1, 0.15) is 5.82 Å². The van der Waals surface area contributed by atoms with Crippen LogP contribution in [0.3, 0.4) is 0 Å². The quantitative estimate of drug-likeness (QED) is 0.885. The van der Waals surface area contributed by atoms with Crippen LogP contribution in [0.5, 0.6) is 0 Å². The number of alkyl halides is 3. The number of nitrogens with one attached hydrogen (secondary N) is 2. The van der Waals surface area contributed by atoms with Crippen molar-refractivity contribution in [3.8, 4) is 11.4 Å². The van der Waals surface area contributed by atoms with Gasteiger partial charge in [-0.1, -0.05) is 0 Å². The Hall–Kier alpha value is -2.71. The molecule has 1 aliphatic rings. The maximum atomic E-state index is 13.1. The van der Waals surface area contributed by atoms with Gasteiger partial charge in [-0.15, -0.1) is 0 Å². The normalized spacial score (nSPS) is 17.9. The molecule has 1 saturated heterocycles. The number of amides is 1. The standard InChI is InChI=1S/C16H16F3N5O/c17-16(18,19)12-7-13(21-9-11-4-1-5-14(25)22-11)24-15(23-12)10-3-2-6-20-8-10/h2-3,6-8,11H,1,4-5,9H2,(H,22,25)(H,21,23,24)/t11-/m1/s1. The van der Waals surface area contributed by atoms with E-state index in [0.29, 0.717) is 18.5 Å². The molecule has 1 amide bonds. The molecule has 0 unspecified atom stereocenters. The number of rotatable bonds is 4. The number of anilines is 1. The molecule has 6 nitrogen and oxygen atoms in total. The van der Waals surface area contributed by atoms with Gasteiger partial charge < -0.3 is 10.6 Å². The Kier molecular flexibility index (Phi) is 4.82. The molecule has 3 rings (SSSR count). The molecule has 0 aliphatic carbocycles. The van der Waals surface area contributed by atoms with E-state index in [4.69, 9.17) is 0 Å².